The molecule has 3 aliphatic rings. The van der Waals surface area contributed by atoms with Crippen LogP contribution in [0.15, 0.2) is 0 Å². The Hall–Kier alpha value is -1.06. The minimum atomic E-state index is -0.694. The van der Waals surface area contributed by atoms with Gasteiger partial charge in [-0.2, -0.15) is 0 Å². The van der Waals surface area contributed by atoms with Crippen molar-refractivity contribution in [1.29, 1.82) is 0 Å². The topological polar surface area (TPSA) is 63.6 Å². The number of hydrogen-bond donors (Lipinski definition) is 1. The van der Waals surface area contributed by atoms with E-state index in [9.17, 15) is 14.7 Å². The molecule has 0 heterocycles. The summed E-state index contributed by atoms with van der Waals surface area (Å²) in [6.45, 7) is 4.00. The molecule has 1 N–H and O–H groups in total. The molecular weight excluding hydrogens is 220 g/mol. The quantitative estimate of drug-likeness (QED) is 0.756. The van der Waals surface area contributed by atoms with Crippen molar-refractivity contribution < 1.29 is 19.4 Å². The molecule has 4 nitrogen and oxygen atoms in total. The van der Waals surface area contributed by atoms with Gasteiger partial charge < -0.3 is 9.84 Å². The van der Waals surface area contributed by atoms with Gasteiger partial charge in [0, 0.05) is 0 Å². The second-order valence-corrected chi connectivity index (χ2v) is 4.86. The summed E-state index contributed by atoms with van der Waals surface area (Å²) in [4.78, 5) is 22.8. The largest absolute Gasteiger partial charge is 0.481 e. The fraction of sp³-hybridized carbons (Fsp3) is 0.846. The Labute approximate surface area is 102 Å². The number of carbonyl (C=O) groups excluding carboxylic acids is 1. The van der Waals surface area contributed by atoms with Crippen LogP contribution in [0.25, 0.3) is 0 Å². The highest BCUT2D eigenvalue weighted by molar-refractivity contribution is 5.80. The predicted molar refractivity (Wildman–Crippen MR) is 63.6 cm³/mol. The number of rotatable bonds is 2. The number of fused-ring (bicyclic) bond motifs is 3. The molecule has 3 rings (SSSR count). The second-order valence-electron chi connectivity index (χ2n) is 4.86. The van der Waals surface area contributed by atoms with Gasteiger partial charge in [-0.1, -0.05) is 13.8 Å². The average Bonchev–Trinajstić information content (AvgIpc) is 2.42. The van der Waals surface area contributed by atoms with Crippen LogP contribution in [0.1, 0.15) is 52.4 Å². The van der Waals surface area contributed by atoms with Gasteiger partial charge in [0.25, 0.3) is 0 Å². The number of carboxylic acid groups (broad SMARTS) is 1. The van der Waals surface area contributed by atoms with Crippen LogP contribution in [0, 0.1) is 10.8 Å². The number of carboxylic acids is 1. The third-order valence-corrected chi connectivity index (χ3v) is 4.32. The second kappa shape index (κ2) is 5.07. The monoisotopic (exact) mass is 242 g/mol. The minimum absolute atomic E-state index is 0.152. The maximum atomic E-state index is 11.6. The molecule has 0 aliphatic heterocycles. The van der Waals surface area contributed by atoms with Crippen molar-refractivity contribution in [3.05, 3.63) is 0 Å². The van der Waals surface area contributed by atoms with E-state index in [1.807, 2.05) is 13.8 Å². The minimum Gasteiger partial charge on any atom is -0.481 e. The smallest absolute Gasteiger partial charge is 0.311 e. The number of aliphatic carboxylic acids is 1. The summed E-state index contributed by atoms with van der Waals surface area (Å²) in [5.74, 6) is -0.846. The SMILES string of the molecule is CC.COC(=O)C12CCC(C(=O)O)(CC1)CC2. The average molecular weight is 242 g/mol. The van der Waals surface area contributed by atoms with Gasteiger partial charge in [0.2, 0.25) is 0 Å². The van der Waals surface area contributed by atoms with Crippen molar-refractivity contribution in [3.8, 4) is 0 Å². The van der Waals surface area contributed by atoms with E-state index in [0.717, 1.165) is 0 Å². The zero-order valence-electron chi connectivity index (χ0n) is 10.9. The number of esters is 1. The molecule has 0 aromatic carbocycles. The molecule has 2 bridgehead atoms. The van der Waals surface area contributed by atoms with E-state index in [1.54, 1.807) is 0 Å². The lowest BCUT2D eigenvalue weighted by atomic mass is 9.54. The van der Waals surface area contributed by atoms with Gasteiger partial charge in [-0.05, 0) is 38.5 Å². The number of carbonyl (C=O) groups is 2. The van der Waals surface area contributed by atoms with Crippen LogP contribution < -0.4 is 0 Å². The zero-order chi connectivity index (χ0) is 13.1. The predicted octanol–water partition coefficient (Wildman–Crippen LogP) is 2.61. The fourth-order valence-corrected chi connectivity index (χ4v) is 3.03. The lowest BCUT2D eigenvalue weighted by molar-refractivity contribution is -0.172. The summed E-state index contributed by atoms with van der Waals surface area (Å²) in [5, 5.41) is 9.18. The van der Waals surface area contributed by atoms with Crippen molar-refractivity contribution in [2.75, 3.05) is 7.11 Å². The highest BCUT2D eigenvalue weighted by Gasteiger charge is 2.56. The van der Waals surface area contributed by atoms with Crippen molar-refractivity contribution >= 4 is 11.9 Å². The van der Waals surface area contributed by atoms with E-state index in [2.05, 4.69) is 0 Å². The molecule has 0 amide bonds. The molecule has 0 aromatic heterocycles. The van der Waals surface area contributed by atoms with E-state index in [1.165, 1.54) is 7.11 Å². The molecule has 0 spiro atoms. The van der Waals surface area contributed by atoms with Gasteiger partial charge in [-0.3, -0.25) is 9.59 Å². The molecule has 98 valence electrons. The van der Waals surface area contributed by atoms with Crippen LogP contribution in [0.5, 0.6) is 0 Å². The third-order valence-electron chi connectivity index (χ3n) is 4.32. The highest BCUT2D eigenvalue weighted by Crippen LogP contribution is 2.57. The summed E-state index contributed by atoms with van der Waals surface area (Å²) in [5.41, 5.74) is -0.915. The van der Waals surface area contributed by atoms with Crippen molar-refractivity contribution in [1.82, 2.24) is 0 Å². The van der Waals surface area contributed by atoms with Crippen LogP contribution in [0.3, 0.4) is 0 Å². The van der Waals surface area contributed by atoms with Crippen molar-refractivity contribution in [2.45, 2.75) is 52.4 Å². The van der Waals surface area contributed by atoms with Crippen LogP contribution in [-0.4, -0.2) is 24.2 Å². The van der Waals surface area contributed by atoms with Crippen molar-refractivity contribution in [2.24, 2.45) is 10.8 Å². The molecule has 0 saturated heterocycles. The Morgan fingerprint density at radius 3 is 1.59 bits per heavy atom. The molecular formula is C13H22O4. The number of hydrogen-bond acceptors (Lipinski definition) is 3. The molecule has 0 atom stereocenters. The Kier molecular flexibility index (Phi) is 4.17. The summed E-state index contributed by atoms with van der Waals surface area (Å²) < 4.78 is 4.82. The first-order valence-corrected chi connectivity index (χ1v) is 6.37. The Balaban J connectivity index is 0.000000686. The standard InChI is InChI=1S/C11H16O4.C2H6/c1-15-9(14)11-5-2-10(3-6-11,4-7-11)8(12)13;1-2/h2-7H2,1H3,(H,12,13);1-2H3. The molecule has 3 saturated carbocycles. The Morgan fingerprint density at radius 2 is 1.29 bits per heavy atom. The van der Waals surface area contributed by atoms with Gasteiger partial charge in [-0.25, -0.2) is 0 Å². The van der Waals surface area contributed by atoms with Gasteiger partial charge >= 0.3 is 11.9 Å². The van der Waals surface area contributed by atoms with Gasteiger partial charge in [-0.15, -0.1) is 0 Å². The third kappa shape index (κ3) is 2.17. The van der Waals surface area contributed by atoms with Crippen molar-refractivity contribution in [3.63, 3.8) is 0 Å². The lowest BCUT2D eigenvalue weighted by Crippen LogP contribution is -2.49. The summed E-state index contributed by atoms with van der Waals surface area (Å²) in [7, 11) is 1.41. The molecule has 3 fully saturated rings. The first kappa shape index (κ1) is 14.0. The van der Waals surface area contributed by atoms with Crippen LogP contribution in [0.2, 0.25) is 0 Å². The van der Waals surface area contributed by atoms with Gasteiger partial charge in [0.1, 0.15) is 0 Å². The van der Waals surface area contributed by atoms with E-state index in [4.69, 9.17) is 4.74 Å². The van der Waals surface area contributed by atoms with Crippen LogP contribution >= 0.6 is 0 Å². The lowest BCUT2D eigenvalue weighted by Gasteiger charge is -2.49. The van der Waals surface area contributed by atoms with E-state index >= 15 is 0 Å². The van der Waals surface area contributed by atoms with Gasteiger partial charge in [0.15, 0.2) is 0 Å². The fourth-order valence-electron chi connectivity index (χ4n) is 3.03. The Bertz CT molecular complexity index is 284. The van der Waals surface area contributed by atoms with Crippen LogP contribution in [0.4, 0.5) is 0 Å². The number of ether oxygens (including phenoxy) is 1. The van der Waals surface area contributed by atoms with E-state index in [0.29, 0.717) is 38.5 Å². The normalized spacial score (nSPS) is 34.5. The zero-order valence-corrected chi connectivity index (χ0v) is 10.9. The van der Waals surface area contributed by atoms with Gasteiger partial charge in [0.05, 0.1) is 17.9 Å². The maximum absolute atomic E-state index is 11.6. The summed E-state index contributed by atoms with van der Waals surface area (Å²) >= 11 is 0. The summed E-state index contributed by atoms with van der Waals surface area (Å²) in [6, 6.07) is 0. The molecule has 0 unspecified atom stereocenters. The summed E-state index contributed by atoms with van der Waals surface area (Å²) in [6.07, 6.45) is 3.89. The molecule has 3 aliphatic carbocycles. The van der Waals surface area contributed by atoms with Crippen LogP contribution in [-0.2, 0) is 14.3 Å². The first-order valence-electron chi connectivity index (χ1n) is 6.37. The first-order chi connectivity index (χ1) is 8.05. The molecule has 0 radical (unpaired) electrons. The van der Waals surface area contributed by atoms with E-state index < -0.39 is 11.4 Å². The molecule has 4 heteroatoms. The maximum Gasteiger partial charge on any atom is 0.311 e. The number of methoxy groups -OCH3 is 1. The molecule has 17 heavy (non-hydrogen) atoms. The molecule has 0 aromatic rings. The Morgan fingerprint density at radius 1 is 0.941 bits per heavy atom. The van der Waals surface area contributed by atoms with E-state index in [-0.39, 0.29) is 11.4 Å². The highest BCUT2D eigenvalue weighted by atomic mass is 16.5.